The van der Waals surface area contributed by atoms with Crippen LogP contribution in [0.3, 0.4) is 0 Å². The Morgan fingerprint density at radius 1 is 1.73 bits per heavy atom. The van der Waals surface area contributed by atoms with Crippen molar-refractivity contribution in [2.45, 2.75) is 19.3 Å². The van der Waals surface area contributed by atoms with Crippen molar-refractivity contribution in [2.24, 2.45) is 0 Å². The van der Waals surface area contributed by atoms with Crippen LogP contribution in [0.15, 0.2) is 18.3 Å². The number of nitrogens with zero attached hydrogens (tertiary/aromatic N) is 1. The molecular weight excluding hydrogens is 194 g/mol. The normalized spacial score (nSPS) is 18.9. The Bertz CT molecular complexity index is 365. The van der Waals surface area contributed by atoms with Gasteiger partial charge in [0.2, 0.25) is 0 Å². The van der Waals surface area contributed by atoms with Crippen molar-refractivity contribution in [3.63, 3.8) is 0 Å². The molecule has 0 N–H and O–H groups in total. The molecule has 0 aromatic carbocycles. The van der Waals surface area contributed by atoms with Crippen molar-refractivity contribution in [1.29, 1.82) is 0 Å². The zero-order valence-corrected chi connectivity index (χ0v) is 8.60. The fourth-order valence-electron chi connectivity index (χ4n) is 1.68. The Hall–Kier alpha value is -1.58. The standard InChI is InChI=1S/C11H13NO3/c1-2-14-11(13)8-5-7-15-9-4-3-6-12-10(8)9/h3-4,6,8H,2,5,7H2,1H3. The molecule has 0 spiro atoms. The van der Waals surface area contributed by atoms with Gasteiger partial charge >= 0.3 is 5.97 Å². The second kappa shape index (κ2) is 4.29. The van der Waals surface area contributed by atoms with Crippen LogP contribution < -0.4 is 4.74 Å². The number of carbonyl (C=O) groups is 1. The molecule has 1 aliphatic heterocycles. The Labute approximate surface area is 88.2 Å². The van der Waals surface area contributed by atoms with Crippen LogP contribution in [0.25, 0.3) is 0 Å². The molecule has 0 bridgehead atoms. The van der Waals surface area contributed by atoms with E-state index in [-0.39, 0.29) is 11.9 Å². The zero-order chi connectivity index (χ0) is 10.7. The second-order valence-electron chi connectivity index (χ2n) is 3.33. The maximum atomic E-state index is 11.6. The highest BCUT2D eigenvalue weighted by Gasteiger charge is 2.29. The molecule has 2 heterocycles. The molecular formula is C11H13NO3. The van der Waals surface area contributed by atoms with Gasteiger partial charge in [-0.3, -0.25) is 9.78 Å². The molecule has 0 saturated carbocycles. The van der Waals surface area contributed by atoms with Crippen LogP contribution in [-0.2, 0) is 9.53 Å². The highest BCUT2D eigenvalue weighted by molar-refractivity contribution is 5.78. The number of hydrogen-bond acceptors (Lipinski definition) is 4. The van der Waals surface area contributed by atoms with E-state index in [2.05, 4.69) is 4.98 Å². The summed E-state index contributed by atoms with van der Waals surface area (Å²) in [7, 11) is 0. The molecule has 4 heteroatoms. The summed E-state index contributed by atoms with van der Waals surface area (Å²) in [6, 6.07) is 3.63. The Kier molecular flexibility index (Phi) is 2.85. The lowest BCUT2D eigenvalue weighted by atomic mass is 9.98. The highest BCUT2D eigenvalue weighted by Crippen LogP contribution is 2.32. The Morgan fingerprint density at radius 2 is 2.60 bits per heavy atom. The number of hydrogen-bond donors (Lipinski definition) is 0. The number of esters is 1. The van der Waals surface area contributed by atoms with E-state index in [4.69, 9.17) is 9.47 Å². The van der Waals surface area contributed by atoms with E-state index < -0.39 is 0 Å². The van der Waals surface area contributed by atoms with Crippen LogP contribution in [0.1, 0.15) is 25.0 Å². The van der Waals surface area contributed by atoms with Crippen molar-refractivity contribution in [2.75, 3.05) is 13.2 Å². The Morgan fingerprint density at radius 3 is 3.40 bits per heavy atom. The van der Waals surface area contributed by atoms with Crippen LogP contribution in [0.2, 0.25) is 0 Å². The topological polar surface area (TPSA) is 48.4 Å². The third-order valence-electron chi connectivity index (χ3n) is 2.37. The first-order valence-electron chi connectivity index (χ1n) is 5.07. The summed E-state index contributed by atoms with van der Waals surface area (Å²) < 4.78 is 10.4. The summed E-state index contributed by atoms with van der Waals surface area (Å²) in [5.74, 6) is 0.220. The van der Waals surface area contributed by atoms with Crippen LogP contribution in [0, 0.1) is 0 Å². The summed E-state index contributed by atoms with van der Waals surface area (Å²) in [6.45, 7) is 2.75. The van der Waals surface area contributed by atoms with Gasteiger partial charge in [-0.15, -0.1) is 0 Å². The quantitative estimate of drug-likeness (QED) is 0.690. The summed E-state index contributed by atoms with van der Waals surface area (Å²) >= 11 is 0. The molecule has 15 heavy (non-hydrogen) atoms. The smallest absolute Gasteiger partial charge is 0.315 e. The first kappa shape index (κ1) is 9.96. The van der Waals surface area contributed by atoms with E-state index in [1.54, 1.807) is 19.2 Å². The molecule has 0 fully saturated rings. The van der Waals surface area contributed by atoms with E-state index in [9.17, 15) is 4.79 Å². The Balaban J connectivity index is 2.25. The van der Waals surface area contributed by atoms with E-state index in [1.807, 2.05) is 6.07 Å². The van der Waals surface area contributed by atoms with Gasteiger partial charge in [-0.05, 0) is 19.1 Å². The molecule has 0 amide bonds. The van der Waals surface area contributed by atoms with Crippen molar-refractivity contribution < 1.29 is 14.3 Å². The largest absolute Gasteiger partial charge is 0.492 e. The van der Waals surface area contributed by atoms with Crippen LogP contribution in [-0.4, -0.2) is 24.2 Å². The number of carbonyl (C=O) groups excluding carboxylic acids is 1. The van der Waals surface area contributed by atoms with Crippen molar-refractivity contribution in [3.8, 4) is 5.75 Å². The first-order chi connectivity index (χ1) is 7.33. The average molecular weight is 207 g/mol. The van der Waals surface area contributed by atoms with Crippen molar-refractivity contribution >= 4 is 5.97 Å². The lowest BCUT2D eigenvalue weighted by molar-refractivity contribution is -0.145. The number of pyridine rings is 1. The molecule has 80 valence electrons. The molecule has 1 atom stereocenters. The molecule has 1 aliphatic rings. The fourth-order valence-corrected chi connectivity index (χ4v) is 1.68. The monoisotopic (exact) mass is 207 g/mol. The lowest BCUT2D eigenvalue weighted by Gasteiger charge is -2.22. The molecule has 1 aromatic heterocycles. The van der Waals surface area contributed by atoms with Gasteiger partial charge in [0.1, 0.15) is 11.7 Å². The summed E-state index contributed by atoms with van der Waals surface area (Å²) in [6.07, 6.45) is 2.31. The van der Waals surface area contributed by atoms with Crippen molar-refractivity contribution in [1.82, 2.24) is 4.98 Å². The first-order valence-corrected chi connectivity index (χ1v) is 5.07. The summed E-state index contributed by atoms with van der Waals surface area (Å²) in [5, 5.41) is 0. The van der Waals surface area contributed by atoms with E-state index >= 15 is 0 Å². The lowest BCUT2D eigenvalue weighted by Crippen LogP contribution is -2.24. The maximum absolute atomic E-state index is 11.6. The van der Waals surface area contributed by atoms with Gasteiger partial charge in [0.15, 0.2) is 0 Å². The number of fused-ring (bicyclic) bond motifs is 1. The summed E-state index contributed by atoms with van der Waals surface area (Å²) in [4.78, 5) is 15.8. The van der Waals surface area contributed by atoms with E-state index in [0.717, 1.165) is 0 Å². The SMILES string of the molecule is CCOC(=O)C1CCOc2cccnc21. The molecule has 0 saturated heterocycles. The molecule has 4 nitrogen and oxygen atoms in total. The summed E-state index contributed by atoms with van der Waals surface area (Å²) in [5.41, 5.74) is 0.696. The van der Waals surface area contributed by atoms with Gasteiger partial charge < -0.3 is 9.47 Å². The molecule has 1 unspecified atom stereocenters. The molecule has 0 aliphatic carbocycles. The number of rotatable bonds is 2. The highest BCUT2D eigenvalue weighted by atomic mass is 16.5. The minimum absolute atomic E-state index is 0.208. The van der Waals surface area contributed by atoms with E-state index in [0.29, 0.717) is 31.1 Å². The molecule has 2 rings (SSSR count). The van der Waals surface area contributed by atoms with Gasteiger partial charge in [-0.25, -0.2) is 0 Å². The molecule has 1 aromatic rings. The average Bonchev–Trinajstić information content (AvgIpc) is 2.28. The minimum Gasteiger partial charge on any atom is -0.492 e. The minimum atomic E-state index is -0.269. The van der Waals surface area contributed by atoms with Gasteiger partial charge in [0.05, 0.1) is 18.9 Å². The van der Waals surface area contributed by atoms with Gasteiger partial charge in [-0.1, -0.05) is 0 Å². The third-order valence-corrected chi connectivity index (χ3v) is 2.37. The van der Waals surface area contributed by atoms with Crippen molar-refractivity contribution in [3.05, 3.63) is 24.0 Å². The van der Waals surface area contributed by atoms with Crippen LogP contribution in [0.4, 0.5) is 0 Å². The van der Waals surface area contributed by atoms with Gasteiger partial charge in [0.25, 0.3) is 0 Å². The van der Waals surface area contributed by atoms with Crippen LogP contribution in [0.5, 0.6) is 5.75 Å². The van der Waals surface area contributed by atoms with Gasteiger partial charge in [0, 0.05) is 12.6 Å². The maximum Gasteiger partial charge on any atom is 0.315 e. The predicted molar refractivity (Wildman–Crippen MR) is 53.7 cm³/mol. The molecule has 0 radical (unpaired) electrons. The fraction of sp³-hybridized carbons (Fsp3) is 0.455. The van der Waals surface area contributed by atoms with E-state index in [1.165, 1.54) is 0 Å². The number of ether oxygens (including phenoxy) is 2. The second-order valence-corrected chi connectivity index (χ2v) is 3.33. The van der Waals surface area contributed by atoms with Crippen LogP contribution >= 0.6 is 0 Å². The zero-order valence-electron chi connectivity index (χ0n) is 8.60. The van der Waals surface area contributed by atoms with Gasteiger partial charge in [-0.2, -0.15) is 0 Å². The predicted octanol–water partition coefficient (Wildman–Crippen LogP) is 1.51. The third kappa shape index (κ3) is 1.93. The number of aromatic nitrogens is 1.